The summed E-state index contributed by atoms with van der Waals surface area (Å²) >= 11 is 0. The fourth-order valence-electron chi connectivity index (χ4n) is 1.46. The van der Waals surface area contributed by atoms with E-state index in [2.05, 4.69) is 6.92 Å². The Kier molecular flexibility index (Phi) is 4.03. The van der Waals surface area contributed by atoms with Crippen molar-refractivity contribution in [3.63, 3.8) is 0 Å². The summed E-state index contributed by atoms with van der Waals surface area (Å²) in [5, 5.41) is 0. The van der Waals surface area contributed by atoms with Gasteiger partial charge in [0.25, 0.3) is 0 Å². The van der Waals surface area contributed by atoms with Crippen molar-refractivity contribution in [2.75, 3.05) is 0 Å². The van der Waals surface area contributed by atoms with E-state index < -0.39 is 0 Å². The topological polar surface area (TPSA) is 26.3 Å². The molecular formula is C12H20O2. The summed E-state index contributed by atoms with van der Waals surface area (Å²) in [5.74, 6) is -0.171. The number of hydrogen-bond acceptors (Lipinski definition) is 2. The number of carbonyl (C=O) groups is 1. The van der Waals surface area contributed by atoms with Crippen LogP contribution in [0.25, 0.3) is 0 Å². The van der Waals surface area contributed by atoms with Crippen LogP contribution in [-0.4, -0.2) is 12.1 Å². The van der Waals surface area contributed by atoms with Crippen molar-refractivity contribution in [3.05, 3.63) is 12.1 Å². The Hall–Kier alpha value is -0.790. The van der Waals surface area contributed by atoms with Gasteiger partial charge in [0, 0.05) is 12.8 Å². The summed E-state index contributed by atoms with van der Waals surface area (Å²) in [7, 11) is 0. The number of rotatable bonds is 6. The van der Waals surface area contributed by atoms with Crippen LogP contribution in [0.3, 0.4) is 0 Å². The molecule has 1 atom stereocenters. The van der Waals surface area contributed by atoms with Crippen LogP contribution in [0.1, 0.15) is 54.6 Å². The highest BCUT2D eigenvalue weighted by molar-refractivity contribution is 5.71. The minimum absolute atomic E-state index is 0.161. The van der Waals surface area contributed by atoms with Crippen molar-refractivity contribution in [3.8, 4) is 0 Å². The molecule has 14 heavy (non-hydrogen) atoms. The molecule has 1 rings (SSSR count). The Bertz CT molecular complexity index is 274. The predicted octanol–water partition coefficient (Wildman–Crippen LogP) is 3.22. The van der Waals surface area contributed by atoms with Gasteiger partial charge >= 0.3 is 5.97 Å². The quantitative estimate of drug-likeness (QED) is 0.372. The smallest absolute Gasteiger partial charge is 0.306 e. The number of esters is 1. The molecule has 0 spiro atoms. The van der Waals surface area contributed by atoms with Crippen LogP contribution in [-0.2, 0) is 9.53 Å². The third-order valence-electron chi connectivity index (χ3n) is 2.33. The Balaban J connectivity index is 2.33. The molecule has 0 aromatic rings. The van der Waals surface area contributed by atoms with Gasteiger partial charge in [0.1, 0.15) is 6.10 Å². The van der Waals surface area contributed by atoms with E-state index in [0.717, 1.165) is 19.3 Å². The molecule has 0 N–H and O–H groups in total. The van der Waals surface area contributed by atoms with Crippen LogP contribution >= 0.6 is 0 Å². The third kappa shape index (κ3) is 4.45. The largest absolute Gasteiger partial charge is 0.462 e. The predicted molar refractivity (Wildman–Crippen MR) is 57.0 cm³/mol. The molecule has 1 fully saturated rings. The maximum Gasteiger partial charge on any atom is 0.306 e. The fraction of sp³-hybridized carbons (Fsp3) is 0.750. The molecule has 0 saturated carbocycles. The zero-order valence-electron chi connectivity index (χ0n) is 10.8. The molecule has 0 aromatic heterocycles. The average molecular weight is 198 g/mol. The lowest BCUT2D eigenvalue weighted by Gasteiger charge is -2.04. The van der Waals surface area contributed by atoms with Crippen molar-refractivity contribution in [2.24, 2.45) is 0 Å². The molecule has 2 nitrogen and oxygen atoms in total. The van der Waals surface area contributed by atoms with E-state index in [1.165, 1.54) is 0 Å². The first-order chi connectivity index (χ1) is 7.63. The highest BCUT2D eigenvalue weighted by atomic mass is 16.5. The van der Waals surface area contributed by atoms with E-state index >= 15 is 0 Å². The summed E-state index contributed by atoms with van der Waals surface area (Å²) in [6.07, 6.45) is 5.29. The maximum absolute atomic E-state index is 10.9. The molecule has 0 aromatic carbocycles. The third-order valence-corrected chi connectivity index (χ3v) is 2.33. The van der Waals surface area contributed by atoms with Gasteiger partial charge in [-0.25, -0.2) is 0 Å². The van der Waals surface area contributed by atoms with E-state index in [-0.39, 0.29) is 12.1 Å². The SMILES string of the molecule is [2H]/C(CCCCC)=C(\[2H])CC1CCC(=O)O1. The average Bonchev–Trinajstić information content (AvgIpc) is 2.64. The standard InChI is InChI=1S/C12H20O2/c1-2-3-4-5-6-7-8-11-9-10-12(13)14-11/h6-7,11H,2-5,8-10H2,1H3/b7-6-/i6D,7D. The summed E-state index contributed by atoms with van der Waals surface area (Å²) < 4.78 is 20.5. The van der Waals surface area contributed by atoms with Gasteiger partial charge in [-0.05, 0) is 19.3 Å². The molecule has 1 saturated heterocycles. The van der Waals surface area contributed by atoms with Crippen LogP contribution in [0.15, 0.2) is 12.1 Å². The van der Waals surface area contributed by atoms with Crippen molar-refractivity contribution >= 4 is 5.97 Å². The molecule has 2 heteroatoms. The van der Waals surface area contributed by atoms with Gasteiger partial charge in [-0.15, -0.1) is 0 Å². The molecule has 0 bridgehead atoms. The second-order valence-corrected chi connectivity index (χ2v) is 3.67. The zero-order chi connectivity index (χ0) is 12.0. The van der Waals surface area contributed by atoms with Gasteiger partial charge in [0.2, 0.25) is 0 Å². The lowest BCUT2D eigenvalue weighted by atomic mass is 10.1. The van der Waals surface area contributed by atoms with Crippen LogP contribution in [0, 0.1) is 0 Å². The van der Waals surface area contributed by atoms with Crippen LogP contribution in [0.2, 0.25) is 0 Å². The molecule has 80 valence electrons. The Labute approximate surface area is 89.1 Å². The number of unbranched alkanes of at least 4 members (excludes halogenated alkanes) is 2. The lowest BCUT2D eigenvalue weighted by molar-refractivity contribution is -0.141. The monoisotopic (exact) mass is 198 g/mol. The van der Waals surface area contributed by atoms with Crippen molar-refractivity contribution in [1.29, 1.82) is 0 Å². The first kappa shape index (κ1) is 8.51. The first-order valence-corrected chi connectivity index (χ1v) is 5.48. The summed E-state index contributed by atoms with van der Waals surface area (Å²) in [6, 6.07) is 0.729. The number of ether oxygens (including phenoxy) is 1. The Morgan fingerprint density at radius 3 is 3.07 bits per heavy atom. The van der Waals surface area contributed by atoms with Gasteiger partial charge in [-0.1, -0.05) is 31.9 Å². The Morgan fingerprint density at radius 1 is 1.57 bits per heavy atom. The zero-order valence-corrected chi connectivity index (χ0v) is 8.84. The van der Waals surface area contributed by atoms with E-state index in [1.54, 1.807) is 0 Å². The molecule has 1 heterocycles. The number of carbonyl (C=O) groups excluding carboxylic acids is 1. The number of allylic oxidation sites excluding steroid dienone is 1. The maximum atomic E-state index is 10.9. The van der Waals surface area contributed by atoms with Crippen molar-refractivity contribution < 1.29 is 12.3 Å². The van der Waals surface area contributed by atoms with E-state index in [9.17, 15) is 4.79 Å². The lowest BCUT2D eigenvalue weighted by Crippen LogP contribution is -2.04. The second kappa shape index (κ2) is 6.63. The van der Waals surface area contributed by atoms with Crippen LogP contribution in [0.4, 0.5) is 0 Å². The van der Waals surface area contributed by atoms with Gasteiger partial charge in [-0.3, -0.25) is 4.79 Å². The normalized spacial score (nSPS) is 25.2. The van der Waals surface area contributed by atoms with E-state index in [0.29, 0.717) is 37.8 Å². The van der Waals surface area contributed by atoms with Gasteiger partial charge in [0.05, 0.1) is 2.74 Å². The second-order valence-electron chi connectivity index (χ2n) is 3.67. The molecular weight excluding hydrogens is 176 g/mol. The minimum Gasteiger partial charge on any atom is -0.462 e. The first-order valence-electron chi connectivity index (χ1n) is 6.48. The summed E-state index contributed by atoms with van der Waals surface area (Å²) in [6.45, 7) is 2.12. The highest BCUT2D eigenvalue weighted by Crippen LogP contribution is 2.17. The fourth-order valence-corrected chi connectivity index (χ4v) is 1.46. The van der Waals surface area contributed by atoms with Crippen LogP contribution < -0.4 is 0 Å². The molecule has 0 radical (unpaired) electrons. The van der Waals surface area contributed by atoms with Gasteiger partial charge in [-0.2, -0.15) is 0 Å². The van der Waals surface area contributed by atoms with Gasteiger partial charge in [0.15, 0.2) is 0 Å². The minimum atomic E-state index is -0.171. The van der Waals surface area contributed by atoms with E-state index in [1.807, 2.05) is 0 Å². The van der Waals surface area contributed by atoms with Crippen molar-refractivity contribution in [2.45, 2.75) is 58.0 Å². The summed E-state index contributed by atoms with van der Waals surface area (Å²) in [4.78, 5) is 10.9. The van der Waals surface area contributed by atoms with Crippen LogP contribution in [0.5, 0.6) is 0 Å². The molecule has 0 amide bonds. The number of cyclic esters (lactones) is 1. The van der Waals surface area contributed by atoms with E-state index in [4.69, 9.17) is 7.48 Å². The molecule has 1 aliphatic rings. The molecule has 1 aliphatic heterocycles. The van der Waals surface area contributed by atoms with Crippen molar-refractivity contribution in [1.82, 2.24) is 0 Å². The Morgan fingerprint density at radius 2 is 2.43 bits per heavy atom. The summed E-state index contributed by atoms with van der Waals surface area (Å²) in [5.41, 5.74) is 0. The van der Waals surface area contributed by atoms with Gasteiger partial charge < -0.3 is 4.74 Å². The molecule has 0 aliphatic carbocycles. The highest BCUT2D eigenvalue weighted by Gasteiger charge is 2.21. The molecule has 1 unspecified atom stereocenters. The number of hydrogen-bond donors (Lipinski definition) is 0.